The van der Waals surface area contributed by atoms with Crippen molar-refractivity contribution in [2.45, 2.75) is 12.8 Å². The molecular formula is C11H15Cl2N3O2. The SMILES string of the molecule is Cl.O=[N+]([O-])c1ccc(N2CCCCNC2)c(Cl)c1. The molecule has 0 spiro atoms. The molecule has 2 rings (SSSR count). The summed E-state index contributed by atoms with van der Waals surface area (Å²) in [6.07, 6.45) is 2.24. The fraction of sp³-hybridized carbons (Fsp3) is 0.455. The normalized spacial score (nSPS) is 15.7. The highest BCUT2D eigenvalue weighted by Gasteiger charge is 2.15. The third-order valence-electron chi connectivity index (χ3n) is 2.82. The third kappa shape index (κ3) is 3.48. The molecule has 100 valence electrons. The number of halogens is 2. The van der Waals surface area contributed by atoms with E-state index >= 15 is 0 Å². The lowest BCUT2D eigenvalue weighted by atomic mass is 10.2. The van der Waals surface area contributed by atoms with Crippen molar-refractivity contribution >= 4 is 35.4 Å². The summed E-state index contributed by atoms with van der Waals surface area (Å²) < 4.78 is 0. The Morgan fingerprint density at radius 3 is 2.83 bits per heavy atom. The number of hydrogen-bond donors (Lipinski definition) is 1. The second-order valence-corrected chi connectivity index (χ2v) is 4.43. The minimum Gasteiger partial charge on any atom is -0.358 e. The van der Waals surface area contributed by atoms with Crippen molar-refractivity contribution in [2.24, 2.45) is 0 Å². The maximum absolute atomic E-state index is 10.6. The Bertz CT molecular complexity index is 421. The minimum absolute atomic E-state index is 0. The lowest BCUT2D eigenvalue weighted by Gasteiger charge is -2.23. The van der Waals surface area contributed by atoms with Crippen LogP contribution in [0.25, 0.3) is 0 Å². The van der Waals surface area contributed by atoms with Gasteiger partial charge in [0.1, 0.15) is 0 Å². The first-order chi connectivity index (χ1) is 8.18. The number of non-ortho nitro benzene ring substituents is 1. The van der Waals surface area contributed by atoms with Gasteiger partial charge in [0.25, 0.3) is 5.69 Å². The Balaban J connectivity index is 0.00000162. The van der Waals surface area contributed by atoms with Gasteiger partial charge in [-0.05, 0) is 25.5 Å². The number of benzene rings is 1. The van der Waals surface area contributed by atoms with E-state index < -0.39 is 4.92 Å². The number of nitro benzene ring substituents is 1. The summed E-state index contributed by atoms with van der Waals surface area (Å²) in [7, 11) is 0. The van der Waals surface area contributed by atoms with Gasteiger partial charge in [-0.15, -0.1) is 12.4 Å². The lowest BCUT2D eigenvalue weighted by Crippen LogP contribution is -2.32. The summed E-state index contributed by atoms with van der Waals surface area (Å²) in [5, 5.41) is 14.3. The van der Waals surface area contributed by atoms with E-state index in [-0.39, 0.29) is 18.1 Å². The van der Waals surface area contributed by atoms with Gasteiger partial charge in [0, 0.05) is 18.7 Å². The van der Waals surface area contributed by atoms with E-state index in [4.69, 9.17) is 11.6 Å². The Labute approximate surface area is 117 Å². The second-order valence-electron chi connectivity index (χ2n) is 4.02. The van der Waals surface area contributed by atoms with Crippen LogP contribution in [-0.2, 0) is 0 Å². The largest absolute Gasteiger partial charge is 0.358 e. The van der Waals surface area contributed by atoms with Gasteiger partial charge in [-0.2, -0.15) is 0 Å². The fourth-order valence-electron chi connectivity index (χ4n) is 1.92. The molecule has 1 fully saturated rings. The number of hydrogen-bond acceptors (Lipinski definition) is 4. The summed E-state index contributed by atoms with van der Waals surface area (Å²) in [6, 6.07) is 4.61. The first-order valence-electron chi connectivity index (χ1n) is 5.58. The maximum atomic E-state index is 10.6. The predicted molar refractivity (Wildman–Crippen MR) is 74.8 cm³/mol. The molecule has 1 aromatic carbocycles. The molecule has 1 aliphatic heterocycles. The quantitative estimate of drug-likeness (QED) is 0.672. The van der Waals surface area contributed by atoms with Crippen LogP contribution in [0.3, 0.4) is 0 Å². The molecular weight excluding hydrogens is 277 g/mol. The number of anilines is 1. The van der Waals surface area contributed by atoms with E-state index in [0.717, 1.165) is 38.3 Å². The molecule has 0 bridgehead atoms. The van der Waals surface area contributed by atoms with Gasteiger partial charge in [0.2, 0.25) is 0 Å². The van der Waals surface area contributed by atoms with Crippen LogP contribution < -0.4 is 10.2 Å². The van der Waals surface area contributed by atoms with Crippen molar-refractivity contribution in [1.82, 2.24) is 5.32 Å². The van der Waals surface area contributed by atoms with E-state index in [2.05, 4.69) is 10.2 Å². The predicted octanol–water partition coefficient (Wildman–Crippen LogP) is 2.82. The minimum atomic E-state index is -0.434. The van der Waals surface area contributed by atoms with E-state index in [1.807, 2.05) is 0 Å². The summed E-state index contributed by atoms with van der Waals surface area (Å²) in [4.78, 5) is 12.3. The van der Waals surface area contributed by atoms with Crippen LogP contribution in [-0.4, -0.2) is 24.7 Å². The highest BCUT2D eigenvalue weighted by Crippen LogP contribution is 2.30. The molecule has 0 unspecified atom stereocenters. The zero-order valence-corrected chi connectivity index (χ0v) is 11.3. The Morgan fingerprint density at radius 1 is 1.39 bits per heavy atom. The van der Waals surface area contributed by atoms with Crippen molar-refractivity contribution in [2.75, 3.05) is 24.7 Å². The van der Waals surface area contributed by atoms with Crippen LogP contribution in [0.1, 0.15) is 12.8 Å². The molecule has 1 heterocycles. The van der Waals surface area contributed by atoms with E-state index in [9.17, 15) is 10.1 Å². The van der Waals surface area contributed by atoms with Crippen LogP contribution in [0, 0.1) is 10.1 Å². The number of nitrogens with one attached hydrogen (secondary N) is 1. The summed E-state index contributed by atoms with van der Waals surface area (Å²) >= 11 is 6.09. The zero-order chi connectivity index (χ0) is 12.3. The average Bonchev–Trinajstić information content (AvgIpc) is 2.57. The molecule has 18 heavy (non-hydrogen) atoms. The van der Waals surface area contributed by atoms with Crippen LogP contribution in [0.2, 0.25) is 5.02 Å². The molecule has 1 aliphatic rings. The summed E-state index contributed by atoms with van der Waals surface area (Å²) in [5.41, 5.74) is 0.883. The highest BCUT2D eigenvalue weighted by atomic mass is 35.5. The van der Waals surface area contributed by atoms with Gasteiger partial charge in [-0.1, -0.05) is 11.6 Å². The molecule has 0 amide bonds. The zero-order valence-electron chi connectivity index (χ0n) is 9.76. The van der Waals surface area contributed by atoms with Gasteiger partial charge >= 0.3 is 0 Å². The first-order valence-corrected chi connectivity index (χ1v) is 5.96. The highest BCUT2D eigenvalue weighted by molar-refractivity contribution is 6.33. The molecule has 5 nitrogen and oxygen atoms in total. The van der Waals surface area contributed by atoms with Gasteiger partial charge in [-0.25, -0.2) is 0 Å². The molecule has 1 aromatic rings. The maximum Gasteiger partial charge on any atom is 0.271 e. The molecule has 0 aromatic heterocycles. The lowest BCUT2D eigenvalue weighted by molar-refractivity contribution is -0.384. The summed E-state index contributed by atoms with van der Waals surface area (Å²) in [6.45, 7) is 2.66. The first kappa shape index (κ1) is 15.0. The molecule has 1 saturated heterocycles. The monoisotopic (exact) mass is 291 g/mol. The second kappa shape index (κ2) is 6.78. The van der Waals surface area contributed by atoms with Gasteiger partial charge < -0.3 is 4.90 Å². The number of nitrogens with zero attached hydrogens (tertiary/aromatic N) is 2. The summed E-state index contributed by atoms with van der Waals surface area (Å²) in [5.74, 6) is 0. The topological polar surface area (TPSA) is 58.4 Å². The van der Waals surface area contributed by atoms with Crippen molar-refractivity contribution < 1.29 is 4.92 Å². The van der Waals surface area contributed by atoms with Crippen molar-refractivity contribution in [3.05, 3.63) is 33.3 Å². The van der Waals surface area contributed by atoms with Crippen molar-refractivity contribution in [3.8, 4) is 0 Å². The molecule has 1 N–H and O–H groups in total. The van der Waals surface area contributed by atoms with Crippen LogP contribution >= 0.6 is 24.0 Å². The van der Waals surface area contributed by atoms with Crippen molar-refractivity contribution in [1.29, 1.82) is 0 Å². The fourth-order valence-corrected chi connectivity index (χ4v) is 2.21. The van der Waals surface area contributed by atoms with Crippen LogP contribution in [0.15, 0.2) is 18.2 Å². The van der Waals surface area contributed by atoms with Crippen LogP contribution in [0.4, 0.5) is 11.4 Å². The number of rotatable bonds is 2. The molecule has 7 heteroatoms. The van der Waals surface area contributed by atoms with Gasteiger partial charge in [0.05, 0.1) is 22.3 Å². The Kier molecular flexibility index (Phi) is 5.65. The molecule has 0 saturated carbocycles. The standard InChI is InChI=1S/C11H14ClN3O2.ClH/c12-10-7-9(15(16)17)3-4-11(10)14-6-2-1-5-13-8-14;/h3-4,7,13H,1-2,5-6,8H2;1H. The number of nitro groups is 1. The van der Waals surface area contributed by atoms with E-state index in [1.165, 1.54) is 12.1 Å². The van der Waals surface area contributed by atoms with Crippen molar-refractivity contribution in [3.63, 3.8) is 0 Å². The van der Waals surface area contributed by atoms with Gasteiger partial charge in [0.15, 0.2) is 0 Å². The van der Waals surface area contributed by atoms with Crippen LogP contribution in [0.5, 0.6) is 0 Å². The van der Waals surface area contributed by atoms with Gasteiger partial charge in [-0.3, -0.25) is 15.4 Å². The third-order valence-corrected chi connectivity index (χ3v) is 3.12. The molecule has 0 radical (unpaired) electrons. The average molecular weight is 292 g/mol. The molecule has 0 atom stereocenters. The molecule has 0 aliphatic carbocycles. The van der Waals surface area contributed by atoms with E-state index in [1.54, 1.807) is 6.07 Å². The smallest absolute Gasteiger partial charge is 0.271 e. The Hall–Kier alpha value is -1.04. The Morgan fingerprint density at radius 2 is 2.17 bits per heavy atom. The van der Waals surface area contributed by atoms with E-state index in [0.29, 0.717) is 5.02 Å².